The quantitative estimate of drug-likeness (QED) is 0.659. The molecule has 0 saturated heterocycles. The van der Waals surface area contributed by atoms with Gasteiger partial charge in [-0.2, -0.15) is 5.26 Å². The van der Waals surface area contributed by atoms with Crippen molar-refractivity contribution >= 4 is 0 Å². The number of unbranched alkanes of at least 4 members (excludes halogenated alkanes) is 4. The molecule has 0 radical (unpaired) electrons. The van der Waals surface area contributed by atoms with Crippen LogP contribution in [0.1, 0.15) is 44.6 Å². The molecule has 0 saturated carbocycles. The first-order chi connectivity index (χ1) is 7.88. The number of nitriles is 1. The van der Waals surface area contributed by atoms with Gasteiger partial charge in [0.25, 0.3) is 0 Å². The van der Waals surface area contributed by atoms with E-state index in [1.807, 2.05) is 0 Å². The minimum absolute atomic E-state index is 0.459. The molecule has 0 fully saturated rings. The van der Waals surface area contributed by atoms with Gasteiger partial charge in [0.05, 0.1) is 6.61 Å². The standard InChI is InChI=1S/C13H18N2O/c1-2-3-4-5-6-10-16-13-12(11-14)8-7-9-15-13/h7-9H,2-6,10H2,1H3. The summed E-state index contributed by atoms with van der Waals surface area (Å²) in [5, 5.41) is 8.82. The summed E-state index contributed by atoms with van der Waals surface area (Å²) < 4.78 is 5.47. The van der Waals surface area contributed by atoms with E-state index in [0.717, 1.165) is 6.42 Å². The predicted octanol–water partition coefficient (Wildman–Crippen LogP) is 3.30. The number of nitrogens with zero attached hydrogens (tertiary/aromatic N) is 2. The molecule has 3 heteroatoms. The summed E-state index contributed by atoms with van der Waals surface area (Å²) in [4.78, 5) is 4.04. The Bertz CT molecular complexity index is 344. The summed E-state index contributed by atoms with van der Waals surface area (Å²) in [5.74, 6) is 0.459. The van der Waals surface area contributed by atoms with Crippen LogP contribution in [0.25, 0.3) is 0 Å². The topological polar surface area (TPSA) is 45.9 Å². The summed E-state index contributed by atoms with van der Waals surface area (Å²) >= 11 is 0. The fourth-order valence-electron chi connectivity index (χ4n) is 1.47. The molecular weight excluding hydrogens is 200 g/mol. The van der Waals surface area contributed by atoms with Gasteiger partial charge in [0, 0.05) is 6.20 Å². The molecule has 86 valence electrons. The average molecular weight is 218 g/mol. The highest BCUT2D eigenvalue weighted by molar-refractivity contribution is 5.36. The van der Waals surface area contributed by atoms with E-state index in [4.69, 9.17) is 10.00 Å². The molecule has 0 spiro atoms. The zero-order chi connectivity index (χ0) is 11.6. The molecule has 1 heterocycles. The Morgan fingerprint density at radius 3 is 2.88 bits per heavy atom. The maximum absolute atomic E-state index is 8.82. The smallest absolute Gasteiger partial charge is 0.231 e. The highest BCUT2D eigenvalue weighted by Gasteiger charge is 2.02. The van der Waals surface area contributed by atoms with Crippen LogP contribution in [0.15, 0.2) is 18.3 Å². The summed E-state index contributed by atoms with van der Waals surface area (Å²) in [5.41, 5.74) is 0.510. The normalized spacial score (nSPS) is 9.75. The van der Waals surface area contributed by atoms with Crippen molar-refractivity contribution in [3.8, 4) is 11.9 Å². The zero-order valence-electron chi connectivity index (χ0n) is 9.78. The van der Waals surface area contributed by atoms with Gasteiger partial charge in [-0.15, -0.1) is 0 Å². The number of pyridine rings is 1. The van der Waals surface area contributed by atoms with E-state index in [1.165, 1.54) is 25.7 Å². The lowest BCUT2D eigenvalue weighted by Gasteiger charge is -2.05. The lowest BCUT2D eigenvalue weighted by Crippen LogP contribution is -2.00. The lowest BCUT2D eigenvalue weighted by atomic mass is 10.2. The third-order valence-electron chi connectivity index (χ3n) is 2.38. The number of rotatable bonds is 7. The first-order valence-corrected chi connectivity index (χ1v) is 5.86. The first kappa shape index (κ1) is 12.5. The van der Waals surface area contributed by atoms with Crippen molar-refractivity contribution in [1.29, 1.82) is 5.26 Å². The highest BCUT2D eigenvalue weighted by Crippen LogP contribution is 2.13. The van der Waals surface area contributed by atoms with Crippen molar-refractivity contribution in [2.45, 2.75) is 39.0 Å². The molecule has 0 atom stereocenters. The van der Waals surface area contributed by atoms with Gasteiger partial charge in [0.15, 0.2) is 0 Å². The molecule has 1 aromatic rings. The van der Waals surface area contributed by atoms with E-state index >= 15 is 0 Å². The SMILES string of the molecule is CCCCCCCOc1ncccc1C#N. The van der Waals surface area contributed by atoms with Crippen molar-refractivity contribution in [2.24, 2.45) is 0 Å². The minimum Gasteiger partial charge on any atom is -0.477 e. The van der Waals surface area contributed by atoms with Crippen LogP contribution in [0.5, 0.6) is 5.88 Å². The minimum atomic E-state index is 0.459. The fraction of sp³-hybridized carbons (Fsp3) is 0.538. The van der Waals surface area contributed by atoms with Crippen molar-refractivity contribution in [3.05, 3.63) is 23.9 Å². The van der Waals surface area contributed by atoms with Crippen LogP contribution < -0.4 is 4.74 Å². The van der Waals surface area contributed by atoms with Gasteiger partial charge in [0.2, 0.25) is 5.88 Å². The van der Waals surface area contributed by atoms with E-state index in [-0.39, 0.29) is 0 Å². The van der Waals surface area contributed by atoms with Gasteiger partial charge in [-0.1, -0.05) is 32.6 Å². The number of ether oxygens (including phenoxy) is 1. The summed E-state index contributed by atoms with van der Waals surface area (Å²) in [7, 11) is 0. The lowest BCUT2D eigenvalue weighted by molar-refractivity contribution is 0.292. The average Bonchev–Trinajstić information content (AvgIpc) is 2.34. The van der Waals surface area contributed by atoms with Crippen LogP contribution in [0.3, 0.4) is 0 Å². The molecule has 1 aromatic heterocycles. The molecule has 1 rings (SSSR count). The van der Waals surface area contributed by atoms with Crippen LogP contribution in [-0.4, -0.2) is 11.6 Å². The van der Waals surface area contributed by atoms with Crippen molar-refractivity contribution in [2.75, 3.05) is 6.61 Å². The van der Waals surface area contributed by atoms with E-state index in [9.17, 15) is 0 Å². The molecular formula is C13H18N2O. The van der Waals surface area contributed by atoms with E-state index in [0.29, 0.717) is 18.1 Å². The van der Waals surface area contributed by atoms with Crippen LogP contribution >= 0.6 is 0 Å². The Hall–Kier alpha value is -1.56. The van der Waals surface area contributed by atoms with Gasteiger partial charge in [-0.3, -0.25) is 0 Å². The molecule has 0 bridgehead atoms. The summed E-state index contributed by atoms with van der Waals surface area (Å²) in [6, 6.07) is 5.53. The second kappa shape index (κ2) is 7.70. The zero-order valence-corrected chi connectivity index (χ0v) is 9.78. The van der Waals surface area contributed by atoms with Crippen LogP contribution in [0.4, 0.5) is 0 Å². The predicted molar refractivity (Wildman–Crippen MR) is 63.2 cm³/mol. The van der Waals surface area contributed by atoms with E-state index in [1.54, 1.807) is 18.3 Å². The molecule has 0 N–H and O–H groups in total. The first-order valence-electron chi connectivity index (χ1n) is 5.86. The van der Waals surface area contributed by atoms with Gasteiger partial charge >= 0.3 is 0 Å². The third-order valence-corrected chi connectivity index (χ3v) is 2.38. The maximum Gasteiger partial charge on any atom is 0.231 e. The molecule has 16 heavy (non-hydrogen) atoms. The number of aromatic nitrogens is 1. The van der Waals surface area contributed by atoms with E-state index in [2.05, 4.69) is 18.0 Å². The Morgan fingerprint density at radius 2 is 2.12 bits per heavy atom. The Morgan fingerprint density at radius 1 is 1.31 bits per heavy atom. The van der Waals surface area contributed by atoms with Crippen LogP contribution in [-0.2, 0) is 0 Å². The summed E-state index contributed by atoms with van der Waals surface area (Å²) in [6.07, 6.45) is 7.65. The van der Waals surface area contributed by atoms with Crippen LogP contribution in [0.2, 0.25) is 0 Å². The Balaban J connectivity index is 2.24. The van der Waals surface area contributed by atoms with Gasteiger partial charge in [0.1, 0.15) is 11.6 Å². The number of hydrogen-bond donors (Lipinski definition) is 0. The van der Waals surface area contributed by atoms with Crippen molar-refractivity contribution in [1.82, 2.24) is 4.98 Å². The van der Waals surface area contributed by atoms with Gasteiger partial charge < -0.3 is 4.74 Å². The molecule has 0 aliphatic heterocycles. The molecule has 3 nitrogen and oxygen atoms in total. The van der Waals surface area contributed by atoms with Crippen molar-refractivity contribution in [3.63, 3.8) is 0 Å². The highest BCUT2D eigenvalue weighted by atomic mass is 16.5. The molecule has 0 aromatic carbocycles. The third kappa shape index (κ3) is 4.31. The molecule has 0 aliphatic rings. The van der Waals surface area contributed by atoms with Crippen LogP contribution in [0, 0.1) is 11.3 Å². The number of hydrogen-bond acceptors (Lipinski definition) is 3. The molecule has 0 unspecified atom stereocenters. The monoisotopic (exact) mass is 218 g/mol. The Labute approximate surface area is 97.1 Å². The maximum atomic E-state index is 8.82. The van der Waals surface area contributed by atoms with Gasteiger partial charge in [-0.05, 0) is 18.6 Å². The Kier molecular flexibility index (Phi) is 6.02. The van der Waals surface area contributed by atoms with Gasteiger partial charge in [-0.25, -0.2) is 4.98 Å². The molecule has 0 amide bonds. The second-order valence-electron chi connectivity index (χ2n) is 3.73. The molecule has 0 aliphatic carbocycles. The van der Waals surface area contributed by atoms with E-state index < -0.39 is 0 Å². The largest absolute Gasteiger partial charge is 0.477 e. The second-order valence-corrected chi connectivity index (χ2v) is 3.73. The fourth-order valence-corrected chi connectivity index (χ4v) is 1.47. The summed E-state index contributed by atoms with van der Waals surface area (Å²) in [6.45, 7) is 2.85. The van der Waals surface area contributed by atoms with Crippen molar-refractivity contribution < 1.29 is 4.74 Å².